The standard InChI is InChI=1S/C64H39N3/c1-2-19-45-44(18-1)46-20-3-4-22-48(46)53-34-32-41(37-58(53)51-25-7-5-21-47(45)51)40-16-15-17-42(36-40)60-39-65-63-57-35-33-43(67-61-30-13-11-27-54(61)55-28-12-14-31-62(55)67)38-59(57)52-26-8-6-23-49(52)50-24-9-10-29-56(50)64(63)66-60/h1-39H. The third kappa shape index (κ3) is 5.78. The first kappa shape index (κ1) is 37.5. The zero-order valence-electron chi connectivity index (χ0n) is 36.4. The zero-order valence-corrected chi connectivity index (χ0v) is 36.4. The average Bonchev–Trinajstić information content (AvgIpc) is 3.74. The second-order valence-electron chi connectivity index (χ2n) is 17.6. The van der Waals surface area contributed by atoms with Crippen molar-refractivity contribution in [2.75, 3.05) is 0 Å². The molecule has 0 fully saturated rings. The van der Waals surface area contributed by atoms with E-state index in [0.29, 0.717) is 0 Å². The topological polar surface area (TPSA) is 30.7 Å². The summed E-state index contributed by atoms with van der Waals surface area (Å²) in [5, 5.41) is 2.48. The molecule has 2 aliphatic rings. The highest BCUT2D eigenvalue weighted by Gasteiger charge is 2.26. The van der Waals surface area contributed by atoms with Crippen LogP contribution in [0.2, 0.25) is 0 Å². The third-order valence-corrected chi connectivity index (χ3v) is 14.0. The lowest BCUT2D eigenvalue weighted by molar-refractivity contribution is 1.17. The first-order valence-corrected chi connectivity index (χ1v) is 23.0. The van der Waals surface area contributed by atoms with Crippen LogP contribution in [-0.4, -0.2) is 14.5 Å². The van der Waals surface area contributed by atoms with E-state index in [4.69, 9.17) is 9.97 Å². The molecule has 0 saturated carbocycles. The van der Waals surface area contributed by atoms with E-state index in [-0.39, 0.29) is 0 Å². The maximum atomic E-state index is 5.59. The Balaban J connectivity index is 0.926. The molecule has 14 rings (SSSR count). The Kier molecular flexibility index (Phi) is 8.28. The first-order valence-electron chi connectivity index (χ1n) is 23.0. The molecule has 0 amide bonds. The fourth-order valence-electron chi connectivity index (χ4n) is 11.0. The minimum atomic E-state index is 0.829. The lowest BCUT2D eigenvalue weighted by Crippen LogP contribution is -2.03. The monoisotopic (exact) mass is 849 g/mol. The smallest absolute Gasteiger partial charge is 0.0979 e. The van der Waals surface area contributed by atoms with E-state index in [1.807, 2.05) is 6.20 Å². The highest BCUT2D eigenvalue weighted by molar-refractivity contribution is 6.10. The van der Waals surface area contributed by atoms with Crippen LogP contribution >= 0.6 is 0 Å². The van der Waals surface area contributed by atoms with Gasteiger partial charge < -0.3 is 4.57 Å². The van der Waals surface area contributed by atoms with Crippen LogP contribution in [0.15, 0.2) is 237 Å². The average molecular weight is 850 g/mol. The van der Waals surface area contributed by atoms with Crippen molar-refractivity contribution >= 4 is 21.8 Å². The molecule has 3 nitrogen and oxygen atoms in total. The third-order valence-electron chi connectivity index (χ3n) is 14.0. The number of para-hydroxylation sites is 2. The van der Waals surface area contributed by atoms with Gasteiger partial charge in [0, 0.05) is 33.2 Å². The molecule has 67 heavy (non-hydrogen) atoms. The SMILES string of the molecule is c1cc(-c2ccc3c(c2)-c2ccccc2-c2ccccc2-c2ccccc2-3)cc(-c2cnc3c(n2)-c2ccccc2-c2ccccc2-c2cc(-n4c5ccccc5c5ccccc54)ccc2-3)c1. The van der Waals surface area contributed by atoms with E-state index < -0.39 is 0 Å². The van der Waals surface area contributed by atoms with Crippen molar-refractivity contribution in [1.82, 2.24) is 14.5 Å². The van der Waals surface area contributed by atoms with Crippen molar-refractivity contribution in [1.29, 1.82) is 0 Å². The lowest BCUT2D eigenvalue weighted by Gasteiger charge is -2.23. The van der Waals surface area contributed by atoms with Crippen molar-refractivity contribution in [3.8, 4) is 117 Å². The van der Waals surface area contributed by atoms with Gasteiger partial charge in [0.2, 0.25) is 0 Å². The van der Waals surface area contributed by atoms with Gasteiger partial charge in [-0.3, -0.25) is 4.98 Å². The summed E-state index contributed by atoms with van der Waals surface area (Å²) in [6, 6.07) is 83.9. The van der Waals surface area contributed by atoms with Crippen LogP contribution in [0.5, 0.6) is 0 Å². The summed E-state index contributed by atoms with van der Waals surface area (Å²) in [5.74, 6) is 0. The Morgan fingerprint density at radius 3 is 1.24 bits per heavy atom. The predicted molar refractivity (Wildman–Crippen MR) is 278 cm³/mol. The van der Waals surface area contributed by atoms with Gasteiger partial charge in [-0.25, -0.2) is 4.98 Å². The van der Waals surface area contributed by atoms with E-state index in [0.717, 1.165) is 61.7 Å². The number of fused-ring (bicyclic) bond motifs is 19. The van der Waals surface area contributed by atoms with Crippen molar-refractivity contribution in [2.24, 2.45) is 0 Å². The van der Waals surface area contributed by atoms with Crippen LogP contribution in [0.3, 0.4) is 0 Å². The molecule has 10 aromatic carbocycles. The molecule has 0 unspecified atom stereocenters. The van der Waals surface area contributed by atoms with Gasteiger partial charge in [-0.2, -0.15) is 0 Å². The maximum absolute atomic E-state index is 5.59. The fourth-order valence-corrected chi connectivity index (χ4v) is 11.0. The first-order chi connectivity index (χ1) is 33.2. The molecule has 3 heteroatoms. The van der Waals surface area contributed by atoms with Crippen LogP contribution in [0.25, 0.3) is 139 Å². The molecule has 0 atom stereocenters. The highest BCUT2D eigenvalue weighted by Crippen LogP contribution is 2.50. The summed E-state index contributed by atoms with van der Waals surface area (Å²) in [5.41, 5.74) is 26.0. The predicted octanol–water partition coefficient (Wildman–Crippen LogP) is 16.9. The molecular formula is C64H39N3. The van der Waals surface area contributed by atoms with E-state index >= 15 is 0 Å². The van der Waals surface area contributed by atoms with Crippen molar-refractivity contribution in [2.45, 2.75) is 0 Å². The summed E-state index contributed by atoms with van der Waals surface area (Å²) in [7, 11) is 0. The molecule has 0 radical (unpaired) electrons. The van der Waals surface area contributed by atoms with Crippen molar-refractivity contribution < 1.29 is 0 Å². The van der Waals surface area contributed by atoms with E-state index in [1.165, 1.54) is 77.4 Å². The second kappa shape index (κ2) is 14.8. The van der Waals surface area contributed by atoms with Crippen LogP contribution in [0, 0.1) is 0 Å². The Labute approximate surface area is 388 Å². The summed E-state index contributed by atoms with van der Waals surface area (Å²) >= 11 is 0. The molecule has 0 spiro atoms. The minimum Gasteiger partial charge on any atom is -0.309 e. The number of rotatable bonds is 3. The fraction of sp³-hybridized carbons (Fsp3) is 0. The molecular weight excluding hydrogens is 811 g/mol. The van der Waals surface area contributed by atoms with Gasteiger partial charge in [0.05, 0.1) is 34.3 Å². The largest absolute Gasteiger partial charge is 0.309 e. The molecule has 310 valence electrons. The molecule has 2 aromatic heterocycles. The summed E-state index contributed by atoms with van der Waals surface area (Å²) in [6.45, 7) is 0. The summed E-state index contributed by atoms with van der Waals surface area (Å²) in [4.78, 5) is 11.0. The Hall–Kier alpha value is -8.92. The molecule has 12 aromatic rings. The van der Waals surface area contributed by atoms with Crippen LogP contribution in [-0.2, 0) is 0 Å². The molecule has 0 N–H and O–H groups in total. The Morgan fingerprint density at radius 1 is 0.269 bits per heavy atom. The lowest BCUT2D eigenvalue weighted by atomic mass is 9.80. The number of aromatic nitrogens is 3. The Morgan fingerprint density at radius 2 is 0.672 bits per heavy atom. The number of hydrogen-bond acceptors (Lipinski definition) is 2. The molecule has 0 bridgehead atoms. The zero-order chi connectivity index (χ0) is 44.0. The molecule has 0 saturated heterocycles. The van der Waals surface area contributed by atoms with Gasteiger partial charge in [0.1, 0.15) is 0 Å². The maximum Gasteiger partial charge on any atom is 0.0979 e. The van der Waals surface area contributed by atoms with Gasteiger partial charge >= 0.3 is 0 Å². The molecule has 2 aliphatic carbocycles. The minimum absolute atomic E-state index is 0.829. The van der Waals surface area contributed by atoms with Gasteiger partial charge in [-0.1, -0.05) is 194 Å². The van der Waals surface area contributed by atoms with Gasteiger partial charge in [0.25, 0.3) is 0 Å². The normalized spacial score (nSPS) is 11.9. The van der Waals surface area contributed by atoms with Gasteiger partial charge in [-0.15, -0.1) is 0 Å². The Bertz CT molecular complexity index is 3940. The highest BCUT2D eigenvalue weighted by atomic mass is 15.0. The number of hydrogen-bond donors (Lipinski definition) is 0. The molecule has 2 heterocycles. The van der Waals surface area contributed by atoms with Crippen molar-refractivity contribution in [3.05, 3.63) is 237 Å². The molecule has 0 aliphatic heterocycles. The quantitative estimate of drug-likeness (QED) is 0.177. The van der Waals surface area contributed by atoms with Crippen LogP contribution < -0.4 is 0 Å². The van der Waals surface area contributed by atoms with Gasteiger partial charge in [-0.05, 0) is 114 Å². The summed E-state index contributed by atoms with van der Waals surface area (Å²) < 4.78 is 2.39. The van der Waals surface area contributed by atoms with Crippen LogP contribution in [0.4, 0.5) is 0 Å². The second-order valence-corrected chi connectivity index (χ2v) is 17.6. The summed E-state index contributed by atoms with van der Waals surface area (Å²) in [6.07, 6.45) is 1.96. The number of nitrogens with zero attached hydrogens (tertiary/aromatic N) is 3. The van der Waals surface area contributed by atoms with Gasteiger partial charge in [0.15, 0.2) is 0 Å². The van der Waals surface area contributed by atoms with E-state index in [9.17, 15) is 0 Å². The number of benzene rings is 10. The van der Waals surface area contributed by atoms with E-state index in [2.05, 4.69) is 235 Å². The van der Waals surface area contributed by atoms with Crippen LogP contribution in [0.1, 0.15) is 0 Å². The van der Waals surface area contributed by atoms with Crippen molar-refractivity contribution in [3.63, 3.8) is 0 Å². The van der Waals surface area contributed by atoms with E-state index in [1.54, 1.807) is 0 Å².